The molecule has 0 amide bonds. The number of aliphatic hydroxyl groups is 1. The standard InChI is InChI=1S/C14H19N3O/c1-10(5-7-18)8-17-13-3-2-11-9-16-6-4-12(11)14(13)15/h2-4,6,9-10,17-18H,5,7-8,15H2,1H3. The van der Waals surface area contributed by atoms with Crippen LogP contribution in [-0.2, 0) is 0 Å². The molecule has 0 saturated heterocycles. The summed E-state index contributed by atoms with van der Waals surface area (Å²) < 4.78 is 0. The lowest BCUT2D eigenvalue weighted by Gasteiger charge is -2.15. The first-order valence-corrected chi connectivity index (χ1v) is 6.19. The van der Waals surface area contributed by atoms with Gasteiger partial charge >= 0.3 is 0 Å². The van der Waals surface area contributed by atoms with Crippen LogP contribution in [0.2, 0.25) is 0 Å². The van der Waals surface area contributed by atoms with E-state index in [4.69, 9.17) is 10.8 Å². The Hall–Kier alpha value is -1.81. The van der Waals surface area contributed by atoms with Crippen LogP contribution in [0.4, 0.5) is 11.4 Å². The minimum Gasteiger partial charge on any atom is -0.397 e. The van der Waals surface area contributed by atoms with E-state index in [-0.39, 0.29) is 6.61 Å². The number of nitrogens with zero attached hydrogens (tertiary/aromatic N) is 1. The maximum absolute atomic E-state index is 8.87. The molecule has 0 spiro atoms. The number of benzene rings is 1. The Morgan fingerprint density at radius 1 is 1.39 bits per heavy atom. The molecule has 18 heavy (non-hydrogen) atoms. The van der Waals surface area contributed by atoms with Gasteiger partial charge in [-0.05, 0) is 24.5 Å². The topological polar surface area (TPSA) is 71.2 Å². The van der Waals surface area contributed by atoms with E-state index < -0.39 is 0 Å². The third-order valence-electron chi connectivity index (χ3n) is 3.12. The number of nitrogen functional groups attached to an aromatic ring is 1. The Labute approximate surface area is 107 Å². The normalized spacial score (nSPS) is 12.6. The first kappa shape index (κ1) is 12.6. The van der Waals surface area contributed by atoms with Crippen LogP contribution in [0.15, 0.2) is 30.6 Å². The number of nitrogens with two attached hydrogens (primary N) is 1. The summed E-state index contributed by atoms with van der Waals surface area (Å²) in [5.74, 6) is 0.419. The molecule has 0 fully saturated rings. The molecule has 0 aliphatic heterocycles. The number of fused-ring (bicyclic) bond motifs is 1. The fourth-order valence-electron chi connectivity index (χ4n) is 1.95. The number of aromatic nitrogens is 1. The predicted molar refractivity (Wildman–Crippen MR) is 75.5 cm³/mol. The summed E-state index contributed by atoms with van der Waals surface area (Å²) in [7, 11) is 0. The van der Waals surface area contributed by atoms with Gasteiger partial charge in [-0.1, -0.05) is 13.0 Å². The quantitative estimate of drug-likeness (QED) is 0.706. The molecule has 0 aliphatic rings. The Balaban J connectivity index is 2.16. The van der Waals surface area contributed by atoms with E-state index in [9.17, 15) is 0 Å². The Kier molecular flexibility index (Phi) is 3.99. The molecule has 4 N–H and O–H groups in total. The molecule has 2 aromatic rings. The average Bonchev–Trinajstić information content (AvgIpc) is 2.39. The highest BCUT2D eigenvalue weighted by molar-refractivity contribution is 5.98. The molecule has 1 atom stereocenters. The fraction of sp³-hybridized carbons (Fsp3) is 0.357. The van der Waals surface area contributed by atoms with E-state index in [1.807, 2.05) is 24.4 Å². The first-order chi connectivity index (χ1) is 8.72. The second kappa shape index (κ2) is 5.69. The van der Waals surface area contributed by atoms with Gasteiger partial charge < -0.3 is 16.2 Å². The average molecular weight is 245 g/mol. The van der Waals surface area contributed by atoms with Gasteiger partial charge in [-0.25, -0.2) is 0 Å². The van der Waals surface area contributed by atoms with Crippen LogP contribution in [0.1, 0.15) is 13.3 Å². The minimum atomic E-state index is 0.224. The summed E-state index contributed by atoms with van der Waals surface area (Å²) in [5.41, 5.74) is 7.84. The van der Waals surface area contributed by atoms with Crippen molar-refractivity contribution in [2.45, 2.75) is 13.3 Å². The molecule has 2 rings (SSSR count). The molecule has 96 valence electrons. The van der Waals surface area contributed by atoms with Gasteiger partial charge in [-0.3, -0.25) is 4.98 Å². The van der Waals surface area contributed by atoms with Gasteiger partial charge in [0.05, 0.1) is 11.4 Å². The van der Waals surface area contributed by atoms with Crippen LogP contribution in [0.25, 0.3) is 10.8 Å². The maximum atomic E-state index is 8.87. The van der Waals surface area contributed by atoms with E-state index >= 15 is 0 Å². The Morgan fingerprint density at radius 2 is 2.22 bits per heavy atom. The smallest absolute Gasteiger partial charge is 0.0630 e. The van der Waals surface area contributed by atoms with Crippen molar-refractivity contribution in [3.63, 3.8) is 0 Å². The van der Waals surface area contributed by atoms with Crippen molar-refractivity contribution in [2.75, 3.05) is 24.2 Å². The zero-order valence-electron chi connectivity index (χ0n) is 10.6. The maximum Gasteiger partial charge on any atom is 0.0630 e. The molecule has 1 aromatic heterocycles. The molecule has 0 radical (unpaired) electrons. The summed E-state index contributed by atoms with van der Waals surface area (Å²) in [6.07, 6.45) is 4.35. The molecule has 0 aliphatic carbocycles. The lowest BCUT2D eigenvalue weighted by molar-refractivity contribution is 0.266. The predicted octanol–water partition coefficient (Wildman–Crippen LogP) is 2.25. The summed E-state index contributed by atoms with van der Waals surface area (Å²) >= 11 is 0. The van der Waals surface area contributed by atoms with Crippen molar-refractivity contribution in [1.29, 1.82) is 0 Å². The molecule has 1 heterocycles. The van der Waals surface area contributed by atoms with E-state index in [0.29, 0.717) is 5.92 Å². The molecule has 1 unspecified atom stereocenters. The molecule has 0 saturated carbocycles. The summed E-state index contributed by atoms with van der Waals surface area (Å²) in [5, 5.41) is 14.3. The van der Waals surface area contributed by atoms with E-state index in [0.717, 1.165) is 35.1 Å². The van der Waals surface area contributed by atoms with Crippen molar-refractivity contribution < 1.29 is 5.11 Å². The molecule has 0 bridgehead atoms. The van der Waals surface area contributed by atoms with Crippen LogP contribution in [-0.4, -0.2) is 23.2 Å². The number of hydrogen-bond acceptors (Lipinski definition) is 4. The van der Waals surface area contributed by atoms with Crippen molar-refractivity contribution in [3.05, 3.63) is 30.6 Å². The lowest BCUT2D eigenvalue weighted by atomic mass is 10.1. The number of anilines is 2. The number of aliphatic hydroxyl groups excluding tert-OH is 1. The summed E-state index contributed by atoms with van der Waals surface area (Å²) in [4.78, 5) is 4.08. The largest absolute Gasteiger partial charge is 0.397 e. The fourth-order valence-corrected chi connectivity index (χ4v) is 1.95. The number of rotatable bonds is 5. The van der Waals surface area contributed by atoms with Gasteiger partial charge in [0.25, 0.3) is 0 Å². The second-order valence-corrected chi connectivity index (χ2v) is 4.62. The van der Waals surface area contributed by atoms with Crippen molar-refractivity contribution in [3.8, 4) is 0 Å². The molecule has 4 nitrogen and oxygen atoms in total. The Bertz CT molecular complexity index is 527. The Morgan fingerprint density at radius 3 is 3.00 bits per heavy atom. The van der Waals surface area contributed by atoms with Gasteiger partial charge in [-0.2, -0.15) is 0 Å². The van der Waals surface area contributed by atoms with E-state index in [1.54, 1.807) is 6.20 Å². The van der Waals surface area contributed by atoms with Gasteiger partial charge in [-0.15, -0.1) is 0 Å². The molecular weight excluding hydrogens is 226 g/mol. The SMILES string of the molecule is CC(CCO)CNc1ccc2cnccc2c1N. The van der Waals surface area contributed by atoms with Crippen LogP contribution in [0.3, 0.4) is 0 Å². The monoisotopic (exact) mass is 245 g/mol. The van der Waals surface area contributed by atoms with E-state index in [2.05, 4.69) is 17.2 Å². The molecule has 4 heteroatoms. The van der Waals surface area contributed by atoms with Gasteiger partial charge in [0, 0.05) is 36.3 Å². The van der Waals surface area contributed by atoms with Crippen LogP contribution >= 0.6 is 0 Å². The van der Waals surface area contributed by atoms with Crippen molar-refractivity contribution >= 4 is 22.1 Å². The highest BCUT2D eigenvalue weighted by Crippen LogP contribution is 2.28. The van der Waals surface area contributed by atoms with Crippen LogP contribution in [0, 0.1) is 5.92 Å². The summed E-state index contributed by atoms with van der Waals surface area (Å²) in [6.45, 7) is 3.13. The zero-order valence-corrected chi connectivity index (χ0v) is 10.6. The number of pyridine rings is 1. The first-order valence-electron chi connectivity index (χ1n) is 6.19. The third-order valence-corrected chi connectivity index (χ3v) is 3.12. The van der Waals surface area contributed by atoms with Crippen molar-refractivity contribution in [2.24, 2.45) is 5.92 Å². The van der Waals surface area contributed by atoms with E-state index in [1.165, 1.54) is 0 Å². The summed E-state index contributed by atoms with van der Waals surface area (Å²) in [6, 6.07) is 5.91. The van der Waals surface area contributed by atoms with Crippen molar-refractivity contribution in [1.82, 2.24) is 4.98 Å². The lowest BCUT2D eigenvalue weighted by Crippen LogP contribution is -2.13. The van der Waals surface area contributed by atoms with Crippen LogP contribution in [0.5, 0.6) is 0 Å². The van der Waals surface area contributed by atoms with Crippen LogP contribution < -0.4 is 11.1 Å². The van der Waals surface area contributed by atoms with Gasteiger partial charge in [0.15, 0.2) is 0 Å². The molecule has 1 aromatic carbocycles. The second-order valence-electron chi connectivity index (χ2n) is 4.62. The minimum absolute atomic E-state index is 0.224. The number of nitrogens with one attached hydrogen (secondary N) is 1. The number of hydrogen-bond donors (Lipinski definition) is 3. The zero-order chi connectivity index (χ0) is 13.0. The molecular formula is C14H19N3O. The third kappa shape index (κ3) is 2.71. The highest BCUT2D eigenvalue weighted by Gasteiger charge is 2.06. The highest BCUT2D eigenvalue weighted by atomic mass is 16.3. The van der Waals surface area contributed by atoms with Gasteiger partial charge in [0.1, 0.15) is 0 Å². The van der Waals surface area contributed by atoms with Gasteiger partial charge in [0.2, 0.25) is 0 Å².